The lowest BCUT2D eigenvalue weighted by Gasteiger charge is -2.26. The van der Waals surface area contributed by atoms with E-state index in [0.29, 0.717) is 31.7 Å². The molecule has 8 nitrogen and oxygen atoms in total. The predicted molar refractivity (Wildman–Crippen MR) is 93.3 cm³/mol. The molecular weight excluding hydrogens is 322 g/mol. The number of nitrogens with one attached hydrogen (secondary N) is 2. The molecule has 0 spiro atoms. The Balaban J connectivity index is 1.45. The molecule has 1 saturated heterocycles. The van der Waals surface area contributed by atoms with E-state index in [1.807, 2.05) is 30.3 Å². The molecule has 2 heterocycles. The fraction of sp³-hybridized carbons (Fsp3) is 0.294. The van der Waals surface area contributed by atoms with Crippen LogP contribution in [0.5, 0.6) is 0 Å². The summed E-state index contributed by atoms with van der Waals surface area (Å²) >= 11 is 0. The van der Waals surface area contributed by atoms with Gasteiger partial charge in [0.1, 0.15) is 6.61 Å². The van der Waals surface area contributed by atoms with Gasteiger partial charge in [-0.15, -0.1) is 0 Å². The second kappa shape index (κ2) is 8.09. The fourth-order valence-electron chi connectivity index (χ4n) is 2.44. The Bertz CT molecular complexity index is 793. The Morgan fingerprint density at radius 1 is 1.28 bits per heavy atom. The predicted octanol–water partition coefficient (Wildman–Crippen LogP) is 1.97. The van der Waals surface area contributed by atoms with Crippen molar-refractivity contribution >= 4 is 17.6 Å². The lowest BCUT2D eigenvalue weighted by Crippen LogP contribution is -2.39. The van der Waals surface area contributed by atoms with Crippen molar-refractivity contribution < 1.29 is 9.53 Å². The highest BCUT2D eigenvalue weighted by molar-refractivity contribution is 5.87. The van der Waals surface area contributed by atoms with Crippen LogP contribution in [0, 0.1) is 0 Å². The van der Waals surface area contributed by atoms with E-state index in [9.17, 15) is 9.59 Å². The Morgan fingerprint density at radius 2 is 2.04 bits per heavy atom. The van der Waals surface area contributed by atoms with E-state index in [1.165, 1.54) is 12.4 Å². The second-order valence-corrected chi connectivity index (χ2v) is 5.61. The van der Waals surface area contributed by atoms with Gasteiger partial charge in [-0.1, -0.05) is 30.3 Å². The Kier molecular flexibility index (Phi) is 5.40. The second-order valence-electron chi connectivity index (χ2n) is 5.61. The van der Waals surface area contributed by atoms with Crippen molar-refractivity contribution in [3.05, 3.63) is 58.6 Å². The van der Waals surface area contributed by atoms with Crippen LogP contribution in [0.15, 0.2) is 52.6 Å². The first-order chi connectivity index (χ1) is 12.2. The van der Waals surface area contributed by atoms with Gasteiger partial charge in [0, 0.05) is 37.7 Å². The van der Waals surface area contributed by atoms with Gasteiger partial charge >= 0.3 is 6.09 Å². The van der Waals surface area contributed by atoms with E-state index in [2.05, 4.69) is 20.5 Å². The highest BCUT2D eigenvalue weighted by Crippen LogP contribution is 2.11. The first-order valence-corrected chi connectivity index (χ1v) is 8.02. The summed E-state index contributed by atoms with van der Waals surface area (Å²) in [6.45, 7) is 1.38. The van der Waals surface area contributed by atoms with Crippen molar-refractivity contribution in [1.29, 1.82) is 0 Å². The summed E-state index contributed by atoms with van der Waals surface area (Å²) in [5.41, 5.74) is 4.41. The smallest absolute Gasteiger partial charge is 0.410 e. The van der Waals surface area contributed by atoms with Crippen LogP contribution < -0.4 is 11.0 Å². The third-order valence-corrected chi connectivity index (χ3v) is 3.81. The number of benzene rings is 1. The number of likely N-dealkylation sites (tertiary alicyclic amines) is 1. The molecule has 1 aromatic carbocycles. The number of anilines is 1. The first kappa shape index (κ1) is 16.7. The number of hydrazone groups is 1. The van der Waals surface area contributed by atoms with E-state index in [1.54, 1.807) is 4.90 Å². The average molecular weight is 341 g/mol. The summed E-state index contributed by atoms with van der Waals surface area (Å²) in [6, 6.07) is 10.9. The van der Waals surface area contributed by atoms with Crippen LogP contribution in [-0.4, -0.2) is 39.8 Å². The van der Waals surface area contributed by atoms with Crippen molar-refractivity contribution in [2.24, 2.45) is 5.10 Å². The molecule has 2 aromatic rings. The molecular formula is C17H19N5O3. The van der Waals surface area contributed by atoms with Gasteiger partial charge in [0.25, 0.3) is 5.56 Å². The molecule has 0 atom stereocenters. The molecule has 1 aliphatic heterocycles. The number of nitrogens with zero attached hydrogens (tertiary/aromatic N) is 3. The zero-order valence-corrected chi connectivity index (χ0v) is 13.6. The summed E-state index contributed by atoms with van der Waals surface area (Å²) in [5, 5.41) is 4.25. The molecule has 1 aromatic heterocycles. The van der Waals surface area contributed by atoms with Gasteiger partial charge < -0.3 is 14.6 Å². The molecule has 0 radical (unpaired) electrons. The van der Waals surface area contributed by atoms with Crippen molar-refractivity contribution in [3.63, 3.8) is 0 Å². The summed E-state index contributed by atoms with van der Waals surface area (Å²) in [6.07, 6.45) is 2.30. The topological polar surface area (TPSA) is 99.7 Å². The van der Waals surface area contributed by atoms with Gasteiger partial charge in [-0.05, 0) is 5.56 Å². The maximum Gasteiger partial charge on any atom is 0.410 e. The van der Waals surface area contributed by atoms with Gasteiger partial charge in [-0.3, -0.25) is 10.2 Å². The van der Waals surface area contributed by atoms with Gasteiger partial charge in [0.15, 0.2) is 5.82 Å². The summed E-state index contributed by atoms with van der Waals surface area (Å²) in [4.78, 5) is 31.4. The average Bonchev–Trinajstić information content (AvgIpc) is 2.66. The van der Waals surface area contributed by atoms with Crippen LogP contribution in [0.2, 0.25) is 0 Å². The lowest BCUT2D eigenvalue weighted by atomic mass is 10.1. The first-order valence-electron chi connectivity index (χ1n) is 8.02. The van der Waals surface area contributed by atoms with E-state index in [4.69, 9.17) is 4.74 Å². The molecule has 1 amide bonds. The molecule has 25 heavy (non-hydrogen) atoms. The normalized spacial score (nSPS) is 14.1. The fourth-order valence-corrected chi connectivity index (χ4v) is 2.44. The van der Waals surface area contributed by atoms with Crippen LogP contribution in [0.25, 0.3) is 0 Å². The largest absolute Gasteiger partial charge is 0.445 e. The zero-order valence-electron chi connectivity index (χ0n) is 13.6. The van der Waals surface area contributed by atoms with Crippen molar-refractivity contribution in [1.82, 2.24) is 14.9 Å². The number of rotatable bonds is 4. The molecule has 3 rings (SSSR count). The number of piperidine rings is 1. The molecule has 1 aliphatic rings. The number of hydrogen-bond donors (Lipinski definition) is 2. The van der Waals surface area contributed by atoms with E-state index < -0.39 is 0 Å². The summed E-state index contributed by atoms with van der Waals surface area (Å²) < 4.78 is 5.33. The molecule has 2 N–H and O–H groups in total. The number of aromatic nitrogens is 2. The summed E-state index contributed by atoms with van der Waals surface area (Å²) in [7, 11) is 0. The number of ether oxygens (including phenoxy) is 1. The zero-order chi connectivity index (χ0) is 17.5. The van der Waals surface area contributed by atoms with Gasteiger partial charge in [0.05, 0.1) is 6.33 Å². The van der Waals surface area contributed by atoms with E-state index in [-0.39, 0.29) is 18.3 Å². The maximum atomic E-state index is 12.1. The Hall–Kier alpha value is -3.16. The maximum absolute atomic E-state index is 12.1. The van der Waals surface area contributed by atoms with Crippen LogP contribution in [0.4, 0.5) is 10.6 Å². The molecule has 8 heteroatoms. The van der Waals surface area contributed by atoms with Crippen molar-refractivity contribution in [2.75, 3.05) is 18.5 Å². The monoisotopic (exact) mass is 341 g/mol. The summed E-state index contributed by atoms with van der Waals surface area (Å²) in [5.74, 6) is 0.390. The number of amides is 1. The molecule has 1 fully saturated rings. The van der Waals surface area contributed by atoms with Crippen LogP contribution in [0.1, 0.15) is 18.4 Å². The number of aromatic amines is 1. The third kappa shape index (κ3) is 4.90. The van der Waals surface area contributed by atoms with E-state index >= 15 is 0 Å². The molecule has 0 aliphatic carbocycles. The number of carbonyl (C=O) groups is 1. The van der Waals surface area contributed by atoms with Gasteiger partial charge in [-0.2, -0.15) is 5.10 Å². The Labute approximate surface area is 144 Å². The number of H-pyrrole nitrogens is 1. The molecule has 0 bridgehead atoms. The molecule has 130 valence electrons. The number of carbonyl (C=O) groups excluding carboxylic acids is 1. The minimum Gasteiger partial charge on any atom is -0.445 e. The van der Waals surface area contributed by atoms with Crippen LogP contribution >= 0.6 is 0 Å². The van der Waals surface area contributed by atoms with Crippen LogP contribution in [0.3, 0.4) is 0 Å². The SMILES string of the molecule is O=C(OCc1ccccc1)N1CCC(=NNc2cc(=O)[nH]cn2)CC1. The molecule has 0 unspecified atom stereocenters. The highest BCUT2D eigenvalue weighted by Gasteiger charge is 2.21. The lowest BCUT2D eigenvalue weighted by molar-refractivity contribution is 0.0960. The number of hydrogen-bond acceptors (Lipinski definition) is 6. The van der Waals surface area contributed by atoms with E-state index in [0.717, 1.165) is 11.3 Å². The third-order valence-electron chi connectivity index (χ3n) is 3.81. The highest BCUT2D eigenvalue weighted by atomic mass is 16.6. The quantitative estimate of drug-likeness (QED) is 0.828. The van der Waals surface area contributed by atoms with Crippen molar-refractivity contribution in [3.8, 4) is 0 Å². The van der Waals surface area contributed by atoms with Gasteiger partial charge in [0.2, 0.25) is 0 Å². The van der Waals surface area contributed by atoms with Gasteiger partial charge in [-0.25, -0.2) is 9.78 Å². The standard InChI is InChI=1S/C17H19N5O3/c23-16-10-15(18-12-19-16)21-20-14-6-8-22(9-7-14)17(24)25-11-13-4-2-1-3-5-13/h1-5,10,12H,6-9,11H2,(H2,18,19,21,23). The van der Waals surface area contributed by atoms with Crippen LogP contribution in [-0.2, 0) is 11.3 Å². The molecule has 0 saturated carbocycles. The minimum absolute atomic E-state index is 0.242. The Morgan fingerprint density at radius 3 is 2.76 bits per heavy atom. The van der Waals surface area contributed by atoms with Crippen molar-refractivity contribution in [2.45, 2.75) is 19.4 Å². The minimum atomic E-state index is -0.313.